The Morgan fingerprint density at radius 2 is 1.90 bits per heavy atom. The molecule has 1 saturated carbocycles. The topological polar surface area (TPSA) is 69.3 Å². The van der Waals surface area contributed by atoms with E-state index in [0.717, 1.165) is 37.9 Å². The van der Waals surface area contributed by atoms with Gasteiger partial charge in [0, 0.05) is 44.1 Å². The SMILES string of the molecule is O=S1(=O)C[C@@H]2[C@H](C1)N(Cc1ncc[nH]1)CCN2CC1CC1. The zero-order chi connectivity index (χ0) is 14.4. The van der Waals surface area contributed by atoms with Gasteiger partial charge in [-0.15, -0.1) is 0 Å². The molecule has 6 nitrogen and oxygen atoms in total. The molecular formula is C14H22N4O2S. The number of nitrogens with one attached hydrogen (secondary N) is 1. The van der Waals surface area contributed by atoms with Crippen LogP contribution in [0.4, 0.5) is 0 Å². The van der Waals surface area contributed by atoms with Gasteiger partial charge in [0.05, 0.1) is 18.1 Å². The minimum Gasteiger partial charge on any atom is -0.348 e. The van der Waals surface area contributed by atoms with Crippen molar-refractivity contribution in [1.29, 1.82) is 0 Å². The molecule has 4 rings (SSSR count). The molecule has 1 aromatic rings. The molecule has 1 N–H and O–H groups in total. The molecule has 2 atom stereocenters. The average molecular weight is 310 g/mol. The summed E-state index contributed by atoms with van der Waals surface area (Å²) in [5.74, 6) is 2.37. The van der Waals surface area contributed by atoms with Crippen molar-refractivity contribution >= 4 is 9.84 Å². The third-order valence-corrected chi connectivity index (χ3v) is 6.70. The van der Waals surface area contributed by atoms with Crippen LogP contribution in [0.2, 0.25) is 0 Å². The number of nitrogens with zero attached hydrogens (tertiary/aromatic N) is 3. The number of hydrogen-bond donors (Lipinski definition) is 1. The van der Waals surface area contributed by atoms with Crippen LogP contribution in [0.5, 0.6) is 0 Å². The first-order chi connectivity index (χ1) is 10.1. The Morgan fingerprint density at radius 3 is 2.57 bits per heavy atom. The van der Waals surface area contributed by atoms with Crippen molar-refractivity contribution < 1.29 is 8.42 Å². The molecule has 3 aliphatic rings. The van der Waals surface area contributed by atoms with E-state index in [2.05, 4.69) is 19.8 Å². The van der Waals surface area contributed by atoms with E-state index < -0.39 is 9.84 Å². The van der Waals surface area contributed by atoms with Gasteiger partial charge in [-0.05, 0) is 18.8 Å². The monoisotopic (exact) mass is 310 g/mol. The minimum atomic E-state index is -2.90. The lowest BCUT2D eigenvalue weighted by molar-refractivity contribution is 0.0363. The summed E-state index contributed by atoms with van der Waals surface area (Å²) in [6, 6.07) is 0.312. The molecule has 1 aliphatic carbocycles. The van der Waals surface area contributed by atoms with E-state index in [-0.39, 0.29) is 12.1 Å². The van der Waals surface area contributed by atoms with Crippen LogP contribution < -0.4 is 0 Å². The molecule has 0 unspecified atom stereocenters. The molecule has 0 aromatic carbocycles. The smallest absolute Gasteiger partial charge is 0.153 e. The van der Waals surface area contributed by atoms with Crippen LogP contribution in [-0.4, -0.2) is 71.4 Å². The van der Waals surface area contributed by atoms with Crippen molar-refractivity contribution in [3.05, 3.63) is 18.2 Å². The van der Waals surface area contributed by atoms with Crippen LogP contribution in [0.3, 0.4) is 0 Å². The van der Waals surface area contributed by atoms with Gasteiger partial charge in [0.15, 0.2) is 9.84 Å². The number of aromatic amines is 1. The lowest BCUT2D eigenvalue weighted by Gasteiger charge is -2.43. The van der Waals surface area contributed by atoms with Gasteiger partial charge in [0.1, 0.15) is 5.82 Å². The summed E-state index contributed by atoms with van der Waals surface area (Å²) in [4.78, 5) is 12.1. The van der Waals surface area contributed by atoms with Crippen molar-refractivity contribution in [2.24, 2.45) is 5.92 Å². The highest BCUT2D eigenvalue weighted by molar-refractivity contribution is 7.91. The zero-order valence-electron chi connectivity index (χ0n) is 12.1. The maximum absolute atomic E-state index is 12.1. The van der Waals surface area contributed by atoms with E-state index in [9.17, 15) is 8.42 Å². The molecule has 3 fully saturated rings. The Balaban J connectivity index is 1.52. The quantitative estimate of drug-likeness (QED) is 0.854. The molecule has 116 valence electrons. The van der Waals surface area contributed by atoms with Crippen LogP contribution in [-0.2, 0) is 16.4 Å². The first-order valence-corrected chi connectivity index (χ1v) is 9.60. The van der Waals surface area contributed by atoms with Crippen LogP contribution in [0.1, 0.15) is 18.7 Å². The normalized spacial score (nSPS) is 33.1. The van der Waals surface area contributed by atoms with Crippen molar-refractivity contribution in [2.75, 3.05) is 31.1 Å². The fraction of sp³-hybridized carbons (Fsp3) is 0.786. The molecule has 1 aromatic heterocycles. The maximum Gasteiger partial charge on any atom is 0.153 e. The molecule has 0 spiro atoms. The summed E-state index contributed by atoms with van der Waals surface area (Å²) in [5, 5.41) is 0. The van der Waals surface area contributed by atoms with Crippen LogP contribution in [0.15, 0.2) is 12.4 Å². The van der Waals surface area contributed by atoms with Crippen molar-refractivity contribution in [3.63, 3.8) is 0 Å². The lowest BCUT2D eigenvalue weighted by atomic mass is 10.0. The third kappa shape index (κ3) is 2.86. The van der Waals surface area contributed by atoms with E-state index >= 15 is 0 Å². The van der Waals surface area contributed by atoms with Gasteiger partial charge in [-0.1, -0.05) is 0 Å². The second-order valence-electron chi connectivity index (χ2n) is 6.66. The number of aromatic nitrogens is 2. The van der Waals surface area contributed by atoms with Crippen LogP contribution in [0, 0.1) is 5.92 Å². The second kappa shape index (κ2) is 5.07. The fourth-order valence-electron chi connectivity index (χ4n) is 3.73. The predicted octanol–water partition coefficient (Wildman–Crippen LogP) is 0.103. The fourth-order valence-corrected chi connectivity index (χ4v) is 5.77. The molecule has 2 saturated heterocycles. The van der Waals surface area contributed by atoms with Gasteiger partial charge < -0.3 is 4.98 Å². The summed E-state index contributed by atoms with van der Waals surface area (Å²) in [7, 11) is -2.90. The number of piperazine rings is 1. The molecular weight excluding hydrogens is 288 g/mol. The summed E-state index contributed by atoms with van der Waals surface area (Å²) < 4.78 is 24.2. The van der Waals surface area contributed by atoms with Gasteiger partial charge in [-0.2, -0.15) is 0 Å². The molecule has 7 heteroatoms. The Bertz CT molecular complexity index is 597. The first-order valence-electron chi connectivity index (χ1n) is 7.77. The Hall–Kier alpha value is -0.920. The molecule has 21 heavy (non-hydrogen) atoms. The predicted molar refractivity (Wildman–Crippen MR) is 79.5 cm³/mol. The van der Waals surface area contributed by atoms with E-state index in [1.807, 2.05) is 6.20 Å². The highest BCUT2D eigenvalue weighted by atomic mass is 32.2. The van der Waals surface area contributed by atoms with Crippen molar-refractivity contribution in [1.82, 2.24) is 19.8 Å². The van der Waals surface area contributed by atoms with E-state index in [4.69, 9.17) is 0 Å². The number of fused-ring (bicyclic) bond motifs is 1. The highest BCUT2D eigenvalue weighted by Crippen LogP contribution is 2.34. The van der Waals surface area contributed by atoms with Crippen molar-refractivity contribution in [2.45, 2.75) is 31.5 Å². The van der Waals surface area contributed by atoms with Gasteiger partial charge in [0.25, 0.3) is 0 Å². The summed E-state index contributed by atoms with van der Waals surface area (Å²) in [5.41, 5.74) is 0. The number of hydrogen-bond acceptors (Lipinski definition) is 5. The Kier molecular flexibility index (Phi) is 3.31. The van der Waals surface area contributed by atoms with Gasteiger partial charge in [-0.3, -0.25) is 9.80 Å². The van der Waals surface area contributed by atoms with E-state index in [0.29, 0.717) is 11.5 Å². The third-order valence-electron chi connectivity index (χ3n) is 5.00. The van der Waals surface area contributed by atoms with E-state index in [1.54, 1.807) is 6.20 Å². The Morgan fingerprint density at radius 1 is 1.19 bits per heavy atom. The summed E-state index contributed by atoms with van der Waals surface area (Å²) in [6.07, 6.45) is 6.20. The Labute approximate surface area is 125 Å². The maximum atomic E-state index is 12.1. The molecule has 0 bridgehead atoms. The minimum absolute atomic E-state index is 0.132. The molecule has 3 heterocycles. The molecule has 0 radical (unpaired) electrons. The average Bonchev–Trinajstić information content (AvgIpc) is 2.96. The standard InChI is InChI=1S/C14H22N4O2S/c19-21(20)9-12-13(10-21)18(8-14-15-3-4-16-14)6-5-17(12)7-11-1-2-11/h3-4,11-13H,1-2,5-10H2,(H,15,16)/t12-,13+/m1/s1. The largest absolute Gasteiger partial charge is 0.348 e. The van der Waals surface area contributed by atoms with E-state index in [1.165, 1.54) is 12.8 Å². The highest BCUT2D eigenvalue weighted by Gasteiger charge is 2.47. The molecule has 2 aliphatic heterocycles. The summed E-state index contributed by atoms with van der Waals surface area (Å²) >= 11 is 0. The van der Waals surface area contributed by atoms with Crippen LogP contribution in [0.25, 0.3) is 0 Å². The number of H-pyrrole nitrogens is 1. The van der Waals surface area contributed by atoms with Crippen LogP contribution >= 0.6 is 0 Å². The van der Waals surface area contributed by atoms with Gasteiger partial charge in [0.2, 0.25) is 0 Å². The van der Waals surface area contributed by atoms with Crippen molar-refractivity contribution in [3.8, 4) is 0 Å². The lowest BCUT2D eigenvalue weighted by Crippen LogP contribution is -2.59. The number of sulfone groups is 1. The number of imidazole rings is 1. The second-order valence-corrected chi connectivity index (χ2v) is 8.81. The summed E-state index contributed by atoms with van der Waals surface area (Å²) in [6.45, 7) is 3.73. The first kappa shape index (κ1) is 13.7. The number of rotatable bonds is 4. The zero-order valence-corrected chi connectivity index (χ0v) is 12.9. The van der Waals surface area contributed by atoms with Gasteiger partial charge >= 0.3 is 0 Å². The van der Waals surface area contributed by atoms with Gasteiger partial charge in [-0.25, -0.2) is 13.4 Å². The molecule has 0 amide bonds.